The van der Waals surface area contributed by atoms with Crippen molar-refractivity contribution in [1.29, 1.82) is 0 Å². The Kier molecular flexibility index (Phi) is 3.95. The van der Waals surface area contributed by atoms with Crippen molar-refractivity contribution in [3.63, 3.8) is 0 Å². The molecule has 2 aliphatic carbocycles. The molecule has 0 bridgehead atoms. The molecule has 7 nitrogen and oxygen atoms in total. The zero-order chi connectivity index (χ0) is 20.4. The molecule has 0 radical (unpaired) electrons. The summed E-state index contributed by atoms with van der Waals surface area (Å²) in [4.78, 5) is 37.8. The maximum atomic E-state index is 13.4. The maximum Gasteiger partial charge on any atom is 0.334 e. The van der Waals surface area contributed by atoms with E-state index < -0.39 is 16.9 Å². The number of fused-ring (bicyclic) bond motifs is 1. The molecule has 5 rings (SSSR count). The Labute approximate surface area is 168 Å². The van der Waals surface area contributed by atoms with E-state index in [4.69, 9.17) is 18.6 Å². The summed E-state index contributed by atoms with van der Waals surface area (Å²) in [5, 5.41) is 0. The van der Waals surface area contributed by atoms with Gasteiger partial charge in [0.05, 0.1) is 23.4 Å². The third-order valence-electron chi connectivity index (χ3n) is 7.61. The monoisotopic (exact) mass is 400 g/mol. The first-order valence-electron chi connectivity index (χ1n) is 10.2. The Bertz CT molecular complexity index is 900. The van der Waals surface area contributed by atoms with E-state index in [9.17, 15) is 14.4 Å². The Morgan fingerprint density at radius 1 is 1.28 bits per heavy atom. The molecule has 1 aromatic heterocycles. The van der Waals surface area contributed by atoms with Gasteiger partial charge in [-0.05, 0) is 37.2 Å². The van der Waals surface area contributed by atoms with Gasteiger partial charge in [-0.1, -0.05) is 13.0 Å². The molecule has 0 N–H and O–H groups in total. The van der Waals surface area contributed by atoms with Crippen LogP contribution in [0, 0.1) is 22.7 Å². The molecule has 6 atom stereocenters. The average Bonchev–Trinajstić information content (AvgIpc) is 3.39. The normalized spacial score (nSPS) is 40.7. The number of rotatable bonds is 2. The number of hydrogen-bond acceptors (Lipinski definition) is 7. The molecule has 0 unspecified atom stereocenters. The Morgan fingerprint density at radius 3 is 2.83 bits per heavy atom. The molecule has 0 aromatic carbocycles. The minimum atomic E-state index is -0.794. The summed E-state index contributed by atoms with van der Waals surface area (Å²) in [5.74, 6) is -1.25. The number of carbonyl (C=O) groups is 3. The molecule has 2 aliphatic heterocycles. The molecule has 154 valence electrons. The van der Waals surface area contributed by atoms with Crippen LogP contribution in [0.5, 0.6) is 0 Å². The highest BCUT2D eigenvalue weighted by atomic mass is 16.6. The van der Waals surface area contributed by atoms with Gasteiger partial charge in [-0.2, -0.15) is 0 Å². The lowest BCUT2D eigenvalue weighted by atomic mass is 9.45. The lowest BCUT2D eigenvalue weighted by molar-refractivity contribution is -0.186. The minimum Gasteiger partial charge on any atom is -0.472 e. The standard InChI is InChI=1S/C22H24O7/c1-12-8-18(28-13(2)23)22-11-27-19(24)15(22)4-3-5-17(22)21(12)9-16(29-20(21)25)14-6-7-26-10-14/h4,6-7,10,12,16-18H,3,5,8-9,11H2,1-2H3/t12-,16+,17-,18+,21-,22+/m1/s1. The highest BCUT2D eigenvalue weighted by Crippen LogP contribution is 2.67. The molecule has 3 fully saturated rings. The van der Waals surface area contributed by atoms with E-state index in [1.165, 1.54) is 6.92 Å². The number of furan rings is 1. The summed E-state index contributed by atoms with van der Waals surface area (Å²) in [6.45, 7) is 3.54. The molecular formula is C22H24O7. The van der Waals surface area contributed by atoms with Gasteiger partial charge < -0.3 is 18.6 Å². The minimum absolute atomic E-state index is 0.0677. The van der Waals surface area contributed by atoms with Gasteiger partial charge in [0.15, 0.2) is 0 Å². The van der Waals surface area contributed by atoms with Crippen molar-refractivity contribution >= 4 is 17.9 Å². The fourth-order valence-electron chi connectivity index (χ4n) is 6.39. The van der Waals surface area contributed by atoms with Gasteiger partial charge >= 0.3 is 17.9 Å². The second kappa shape index (κ2) is 6.21. The summed E-state index contributed by atoms with van der Waals surface area (Å²) in [6, 6.07) is 1.82. The van der Waals surface area contributed by atoms with Gasteiger partial charge in [-0.25, -0.2) is 4.79 Å². The van der Waals surface area contributed by atoms with Crippen LogP contribution >= 0.6 is 0 Å². The van der Waals surface area contributed by atoms with Gasteiger partial charge in [-0.15, -0.1) is 0 Å². The fraction of sp³-hybridized carbons (Fsp3) is 0.591. The van der Waals surface area contributed by atoms with Crippen molar-refractivity contribution in [2.45, 2.75) is 51.7 Å². The lowest BCUT2D eigenvalue weighted by Crippen LogP contribution is -2.61. The smallest absolute Gasteiger partial charge is 0.334 e. The third kappa shape index (κ3) is 2.33. The average molecular weight is 400 g/mol. The molecule has 29 heavy (non-hydrogen) atoms. The highest BCUT2D eigenvalue weighted by molar-refractivity contribution is 5.94. The zero-order valence-electron chi connectivity index (χ0n) is 16.5. The second-order valence-corrected chi connectivity index (χ2v) is 8.79. The zero-order valence-corrected chi connectivity index (χ0v) is 16.5. The van der Waals surface area contributed by atoms with E-state index in [2.05, 4.69) is 0 Å². The largest absolute Gasteiger partial charge is 0.472 e. The summed E-state index contributed by atoms with van der Waals surface area (Å²) < 4.78 is 22.3. The van der Waals surface area contributed by atoms with Crippen LogP contribution in [0.4, 0.5) is 0 Å². The number of allylic oxidation sites excluding steroid dienone is 1. The van der Waals surface area contributed by atoms with E-state index in [0.29, 0.717) is 24.8 Å². The summed E-state index contributed by atoms with van der Waals surface area (Å²) in [7, 11) is 0. The van der Waals surface area contributed by atoms with Crippen molar-refractivity contribution in [3.8, 4) is 0 Å². The fourth-order valence-corrected chi connectivity index (χ4v) is 6.39. The van der Waals surface area contributed by atoms with Crippen LogP contribution in [0.3, 0.4) is 0 Å². The molecule has 2 spiro atoms. The summed E-state index contributed by atoms with van der Waals surface area (Å²) in [5.41, 5.74) is -0.154. The van der Waals surface area contributed by atoms with Crippen LogP contribution in [-0.4, -0.2) is 30.6 Å². The second-order valence-electron chi connectivity index (χ2n) is 8.79. The van der Waals surface area contributed by atoms with Crippen molar-refractivity contribution in [3.05, 3.63) is 35.8 Å². The van der Waals surface area contributed by atoms with Gasteiger partial charge in [0.1, 0.15) is 18.8 Å². The van der Waals surface area contributed by atoms with Crippen LogP contribution in [0.2, 0.25) is 0 Å². The molecule has 7 heteroatoms. The van der Waals surface area contributed by atoms with Crippen molar-refractivity contribution in [1.82, 2.24) is 0 Å². The quantitative estimate of drug-likeness (QED) is 0.556. The van der Waals surface area contributed by atoms with E-state index >= 15 is 0 Å². The van der Waals surface area contributed by atoms with Crippen molar-refractivity contribution in [2.75, 3.05) is 6.61 Å². The number of cyclic esters (lactones) is 2. The molecule has 4 aliphatic rings. The molecule has 3 heterocycles. The summed E-state index contributed by atoms with van der Waals surface area (Å²) in [6.07, 6.45) is 6.61. The first-order valence-corrected chi connectivity index (χ1v) is 10.2. The Balaban J connectivity index is 1.62. The topological polar surface area (TPSA) is 92.0 Å². The van der Waals surface area contributed by atoms with Crippen LogP contribution in [0.15, 0.2) is 34.7 Å². The first kappa shape index (κ1) is 18.5. The van der Waals surface area contributed by atoms with Crippen molar-refractivity contribution in [2.24, 2.45) is 22.7 Å². The van der Waals surface area contributed by atoms with Gasteiger partial charge in [0.2, 0.25) is 0 Å². The van der Waals surface area contributed by atoms with Crippen molar-refractivity contribution < 1.29 is 33.0 Å². The van der Waals surface area contributed by atoms with E-state index in [-0.39, 0.29) is 42.5 Å². The van der Waals surface area contributed by atoms with Gasteiger partial charge in [0, 0.05) is 24.5 Å². The number of ether oxygens (including phenoxy) is 3. The molecule has 1 saturated carbocycles. The number of carbonyl (C=O) groups excluding carboxylic acids is 3. The van der Waals surface area contributed by atoms with Crippen LogP contribution in [0.25, 0.3) is 0 Å². The Hall–Kier alpha value is -2.57. The molecule has 2 saturated heterocycles. The number of hydrogen-bond donors (Lipinski definition) is 0. The molecule has 1 aromatic rings. The predicted octanol–water partition coefficient (Wildman–Crippen LogP) is 3.11. The number of esters is 3. The third-order valence-corrected chi connectivity index (χ3v) is 7.61. The lowest BCUT2D eigenvalue weighted by Gasteiger charge is -2.56. The van der Waals surface area contributed by atoms with E-state index in [1.807, 2.05) is 19.1 Å². The molecule has 0 amide bonds. The SMILES string of the molecule is CC(=O)O[C@H]1C[C@@H](C)[C@]2(C[C@@H](c3ccoc3)OC2=O)[C@H]2CCC=C3C(=O)OC[C@]321. The van der Waals surface area contributed by atoms with E-state index in [0.717, 1.165) is 12.0 Å². The van der Waals surface area contributed by atoms with Gasteiger partial charge in [-0.3, -0.25) is 9.59 Å². The van der Waals surface area contributed by atoms with Crippen LogP contribution in [0.1, 0.15) is 51.2 Å². The first-order chi connectivity index (χ1) is 13.9. The predicted molar refractivity (Wildman–Crippen MR) is 98.1 cm³/mol. The van der Waals surface area contributed by atoms with Crippen LogP contribution < -0.4 is 0 Å². The molecular weight excluding hydrogens is 376 g/mol. The van der Waals surface area contributed by atoms with Gasteiger partial charge in [0.25, 0.3) is 0 Å². The van der Waals surface area contributed by atoms with E-state index in [1.54, 1.807) is 12.5 Å². The Morgan fingerprint density at radius 2 is 2.10 bits per heavy atom. The highest BCUT2D eigenvalue weighted by Gasteiger charge is 2.72. The maximum absolute atomic E-state index is 13.4. The summed E-state index contributed by atoms with van der Waals surface area (Å²) >= 11 is 0. The van der Waals surface area contributed by atoms with Crippen LogP contribution in [-0.2, 0) is 28.6 Å².